The van der Waals surface area contributed by atoms with E-state index in [-0.39, 0.29) is 11.0 Å². The van der Waals surface area contributed by atoms with Crippen molar-refractivity contribution in [1.82, 2.24) is 5.32 Å². The molecule has 1 aromatic carbocycles. The number of benzene rings is 1. The molecule has 0 aliphatic heterocycles. The molecule has 0 amide bonds. The normalized spacial score (nSPS) is 17.3. The van der Waals surface area contributed by atoms with E-state index in [4.69, 9.17) is 4.74 Å². The van der Waals surface area contributed by atoms with Gasteiger partial charge in [0.05, 0.1) is 0 Å². The molecule has 0 saturated heterocycles. The van der Waals surface area contributed by atoms with Crippen LogP contribution in [0.25, 0.3) is 0 Å². The molecule has 1 fully saturated rings. The molecule has 2 rings (SSSR count). The van der Waals surface area contributed by atoms with Gasteiger partial charge in [0.25, 0.3) is 0 Å². The molecular formula is C19H31NO. The lowest BCUT2D eigenvalue weighted by Gasteiger charge is -2.42. The van der Waals surface area contributed by atoms with Gasteiger partial charge in [0, 0.05) is 0 Å². The molecule has 1 aliphatic rings. The highest BCUT2D eigenvalue weighted by atomic mass is 16.5. The Balaban J connectivity index is 1.98. The average molecular weight is 289 g/mol. The summed E-state index contributed by atoms with van der Waals surface area (Å²) in [4.78, 5) is 0. The van der Waals surface area contributed by atoms with Gasteiger partial charge in [-0.25, -0.2) is 0 Å². The summed E-state index contributed by atoms with van der Waals surface area (Å²) < 4.78 is 6.41. The third-order valence-electron chi connectivity index (χ3n) is 4.48. The van der Waals surface area contributed by atoms with Crippen LogP contribution in [0.2, 0.25) is 0 Å². The van der Waals surface area contributed by atoms with Crippen LogP contribution in [0.15, 0.2) is 24.3 Å². The monoisotopic (exact) mass is 289 g/mol. The Morgan fingerprint density at radius 1 is 1.19 bits per heavy atom. The first-order valence-electron chi connectivity index (χ1n) is 8.45. The minimum absolute atomic E-state index is 0.0806. The summed E-state index contributed by atoms with van der Waals surface area (Å²) in [6, 6.07) is 8.65. The molecule has 0 bridgehead atoms. The van der Waals surface area contributed by atoms with Gasteiger partial charge >= 0.3 is 0 Å². The van der Waals surface area contributed by atoms with Crippen LogP contribution in [-0.2, 0) is 5.41 Å². The summed E-state index contributed by atoms with van der Waals surface area (Å²) in [6.07, 6.45) is 6.00. The molecule has 2 nitrogen and oxygen atoms in total. The molecule has 2 heteroatoms. The lowest BCUT2D eigenvalue weighted by molar-refractivity contribution is -0.0143. The lowest BCUT2D eigenvalue weighted by Crippen LogP contribution is -2.45. The molecule has 0 unspecified atom stereocenters. The Kier molecular flexibility index (Phi) is 5.32. The highest BCUT2D eigenvalue weighted by Crippen LogP contribution is 2.39. The van der Waals surface area contributed by atoms with Crippen molar-refractivity contribution >= 4 is 0 Å². The van der Waals surface area contributed by atoms with E-state index in [1.807, 2.05) is 0 Å². The van der Waals surface area contributed by atoms with E-state index < -0.39 is 0 Å². The van der Waals surface area contributed by atoms with Gasteiger partial charge in [-0.05, 0) is 68.3 Å². The maximum atomic E-state index is 6.41. The van der Waals surface area contributed by atoms with Crippen LogP contribution < -0.4 is 10.1 Å². The van der Waals surface area contributed by atoms with E-state index in [1.54, 1.807) is 0 Å². The molecule has 0 heterocycles. The second kappa shape index (κ2) is 6.83. The minimum atomic E-state index is 0.0806. The van der Waals surface area contributed by atoms with Gasteiger partial charge in [-0.15, -0.1) is 0 Å². The SMILES string of the molecule is CCCNCCC1(Oc2cccc(C(C)(C)C)c2)CCC1. The Labute approximate surface area is 130 Å². The van der Waals surface area contributed by atoms with Crippen molar-refractivity contribution in [1.29, 1.82) is 0 Å². The third-order valence-corrected chi connectivity index (χ3v) is 4.48. The van der Waals surface area contributed by atoms with Crippen LogP contribution in [0.1, 0.15) is 65.4 Å². The summed E-state index contributed by atoms with van der Waals surface area (Å²) in [5.41, 5.74) is 1.60. The van der Waals surface area contributed by atoms with Crippen molar-refractivity contribution in [3.63, 3.8) is 0 Å². The first-order chi connectivity index (χ1) is 9.95. The average Bonchev–Trinajstić information content (AvgIpc) is 2.40. The van der Waals surface area contributed by atoms with Crippen molar-refractivity contribution in [3.05, 3.63) is 29.8 Å². The molecule has 1 aromatic rings. The van der Waals surface area contributed by atoms with Crippen molar-refractivity contribution in [2.75, 3.05) is 13.1 Å². The number of ether oxygens (including phenoxy) is 1. The molecule has 1 aliphatic carbocycles. The van der Waals surface area contributed by atoms with Crippen LogP contribution in [0.5, 0.6) is 5.75 Å². The van der Waals surface area contributed by atoms with Crippen LogP contribution in [0.3, 0.4) is 0 Å². The number of hydrogen-bond donors (Lipinski definition) is 1. The lowest BCUT2D eigenvalue weighted by atomic mass is 9.77. The van der Waals surface area contributed by atoms with Crippen LogP contribution >= 0.6 is 0 Å². The summed E-state index contributed by atoms with van der Waals surface area (Å²) in [7, 11) is 0. The molecular weight excluding hydrogens is 258 g/mol. The van der Waals surface area contributed by atoms with Crippen LogP contribution in [0.4, 0.5) is 0 Å². The smallest absolute Gasteiger partial charge is 0.120 e. The van der Waals surface area contributed by atoms with Gasteiger partial charge in [0.2, 0.25) is 0 Å². The Bertz CT molecular complexity index is 443. The third kappa shape index (κ3) is 4.47. The predicted molar refractivity (Wildman–Crippen MR) is 90.1 cm³/mol. The fourth-order valence-electron chi connectivity index (χ4n) is 2.87. The maximum Gasteiger partial charge on any atom is 0.120 e. The predicted octanol–water partition coefficient (Wildman–Crippen LogP) is 4.68. The first kappa shape index (κ1) is 16.4. The Morgan fingerprint density at radius 2 is 1.95 bits per heavy atom. The van der Waals surface area contributed by atoms with E-state index in [1.165, 1.54) is 31.2 Å². The fourth-order valence-corrected chi connectivity index (χ4v) is 2.87. The molecule has 0 radical (unpaired) electrons. The molecule has 1 saturated carbocycles. The quantitative estimate of drug-likeness (QED) is 0.736. The zero-order chi connectivity index (χ0) is 15.3. The van der Waals surface area contributed by atoms with Gasteiger partial charge in [-0.2, -0.15) is 0 Å². The summed E-state index contributed by atoms with van der Waals surface area (Å²) >= 11 is 0. The van der Waals surface area contributed by atoms with Crippen molar-refractivity contribution in [2.45, 2.75) is 70.8 Å². The molecule has 21 heavy (non-hydrogen) atoms. The summed E-state index contributed by atoms with van der Waals surface area (Å²) in [5.74, 6) is 1.04. The molecule has 118 valence electrons. The second-order valence-corrected chi connectivity index (χ2v) is 7.42. The molecule has 1 N–H and O–H groups in total. The first-order valence-corrected chi connectivity index (χ1v) is 8.45. The van der Waals surface area contributed by atoms with E-state index in [0.29, 0.717) is 0 Å². The number of rotatable bonds is 7. The standard InChI is InChI=1S/C19H31NO/c1-5-13-20-14-12-19(10-7-11-19)21-17-9-6-8-16(15-17)18(2,3)4/h6,8-9,15,20H,5,7,10-14H2,1-4H3. The van der Waals surface area contributed by atoms with E-state index in [9.17, 15) is 0 Å². The number of nitrogens with one attached hydrogen (secondary N) is 1. The highest BCUT2D eigenvalue weighted by Gasteiger charge is 2.38. The van der Waals surface area contributed by atoms with Gasteiger partial charge in [-0.1, -0.05) is 39.8 Å². The Hall–Kier alpha value is -1.02. The molecule has 0 atom stereocenters. The summed E-state index contributed by atoms with van der Waals surface area (Å²) in [6.45, 7) is 11.1. The second-order valence-electron chi connectivity index (χ2n) is 7.42. The minimum Gasteiger partial charge on any atom is -0.487 e. The van der Waals surface area contributed by atoms with E-state index >= 15 is 0 Å². The van der Waals surface area contributed by atoms with Crippen molar-refractivity contribution in [2.24, 2.45) is 0 Å². The van der Waals surface area contributed by atoms with Crippen molar-refractivity contribution < 1.29 is 4.74 Å². The highest BCUT2D eigenvalue weighted by molar-refractivity contribution is 5.33. The van der Waals surface area contributed by atoms with Gasteiger partial charge in [-0.3, -0.25) is 0 Å². The van der Waals surface area contributed by atoms with E-state index in [0.717, 1.165) is 25.3 Å². The Morgan fingerprint density at radius 3 is 2.52 bits per heavy atom. The zero-order valence-electron chi connectivity index (χ0n) is 14.2. The van der Waals surface area contributed by atoms with Crippen molar-refractivity contribution in [3.8, 4) is 5.75 Å². The maximum absolute atomic E-state index is 6.41. The van der Waals surface area contributed by atoms with Crippen LogP contribution in [-0.4, -0.2) is 18.7 Å². The van der Waals surface area contributed by atoms with Gasteiger partial charge in [0.1, 0.15) is 11.4 Å². The molecule has 0 spiro atoms. The molecule has 0 aromatic heterocycles. The van der Waals surface area contributed by atoms with Gasteiger partial charge in [0.15, 0.2) is 0 Å². The topological polar surface area (TPSA) is 21.3 Å². The zero-order valence-corrected chi connectivity index (χ0v) is 14.2. The van der Waals surface area contributed by atoms with E-state index in [2.05, 4.69) is 57.3 Å². The summed E-state index contributed by atoms with van der Waals surface area (Å²) in [5, 5.41) is 3.50. The van der Waals surface area contributed by atoms with Crippen LogP contribution in [0, 0.1) is 0 Å². The fraction of sp³-hybridized carbons (Fsp3) is 0.684. The number of hydrogen-bond acceptors (Lipinski definition) is 2. The largest absolute Gasteiger partial charge is 0.487 e. The van der Waals surface area contributed by atoms with Gasteiger partial charge < -0.3 is 10.1 Å².